The summed E-state index contributed by atoms with van der Waals surface area (Å²) in [4.78, 5) is 2.44. The van der Waals surface area contributed by atoms with Gasteiger partial charge in [0, 0.05) is 12.6 Å². The fourth-order valence-electron chi connectivity index (χ4n) is 3.61. The molecular formula is C18H29NO. The lowest BCUT2D eigenvalue weighted by Crippen LogP contribution is -2.48. The molecular weight excluding hydrogens is 246 g/mol. The van der Waals surface area contributed by atoms with Crippen LogP contribution in [0.2, 0.25) is 0 Å². The minimum absolute atomic E-state index is 0.128. The first-order valence-corrected chi connectivity index (χ1v) is 7.80. The van der Waals surface area contributed by atoms with Gasteiger partial charge in [0.15, 0.2) is 0 Å². The predicted molar refractivity (Wildman–Crippen MR) is 84.5 cm³/mol. The standard InChI is InChI=1S/C18H29NO/c1-18(2,3)16-11-10-15(20)12-17(16)19(4)13-14-8-6-5-7-9-14/h5-9,15-17,20H,10-13H2,1-4H3. The van der Waals surface area contributed by atoms with Crippen LogP contribution in [0.1, 0.15) is 45.6 Å². The van der Waals surface area contributed by atoms with Gasteiger partial charge in [-0.05, 0) is 43.2 Å². The average Bonchev–Trinajstić information content (AvgIpc) is 2.38. The van der Waals surface area contributed by atoms with E-state index >= 15 is 0 Å². The Balaban J connectivity index is 2.09. The van der Waals surface area contributed by atoms with Gasteiger partial charge in [-0.1, -0.05) is 51.1 Å². The second-order valence-corrected chi connectivity index (χ2v) is 7.41. The summed E-state index contributed by atoms with van der Waals surface area (Å²) in [6, 6.07) is 11.1. The van der Waals surface area contributed by atoms with Gasteiger partial charge in [-0.2, -0.15) is 0 Å². The highest BCUT2D eigenvalue weighted by atomic mass is 16.3. The zero-order valence-corrected chi connectivity index (χ0v) is 13.3. The van der Waals surface area contributed by atoms with Gasteiger partial charge in [-0.3, -0.25) is 4.90 Å². The molecule has 1 aromatic rings. The van der Waals surface area contributed by atoms with Crippen LogP contribution in [0.4, 0.5) is 0 Å². The van der Waals surface area contributed by atoms with E-state index in [1.54, 1.807) is 0 Å². The molecule has 2 heteroatoms. The summed E-state index contributed by atoms with van der Waals surface area (Å²) in [5.41, 5.74) is 1.65. The fraction of sp³-hybridized carbons (Fsp3) is 0.667. The van der Waals surface area contributed by atoms with Gasteiger partial charge in [0.2, 0.25) is 0 Å². The molecule has 1 N–H and O–H groups in total. The van der Waals surface area contributed by atoms with Crippen molar-refractivity contribution < 1.29 is 5.11 Å². The van der Waals surface area contributed by atoms with E-state index in [4.69, 9.17) is 0 Å². The van der Waals surface area contributed by atoms with Gasteiger partial charge in [0.25, 0.3) is 0 Å². The van der Waals surface area contributed by atoms with Gasteiger partial charge >= 0.3 is 0 Å². The van der Waals surface area contributed by atoms with Crippen molar-refractivity contribution in [3.05, 3.63) is 35.9 Å². The number of aliphatic hydroxyl groups excluding tert-OH is 1. The minimum Gasteiger partial charge on any atom is -0.393 e. The maximum Gasteiger partial charge on any atom is 0.0555 e. The summed E-state index contributed by atoms with van der Waals surface area (Å²) in [7, 11) is 2.20. The summed E-state index contributed by atoms with van der Waals surface area (Å²) in [6.45, 7) is 7.96. The third-order valence-corrected chi connectivity index (χ3v) is 4.74. The lowest BCUT2D eigenvalue weighted by molar-refractivity contribution is -0.00490. The topological polar surface area (TPSA) is 23.5 Å². The van der Waals surface area contributed by atoms with E-state index in [1.807, 2.05) is 0 Å². The van der Waals surface area contributed by atoms with Crippen LogP contribution in [0.5, 0.6) is 0 Å². The number of hydrogen-bond acceptors (Lipinski definition) is 2. The predicted octanol–water partition coefficient (Wildman–Crippen LogP) is 3.69. The van der Waals surface area contributed by atoms with Crippen LogP contribution in [-0.4, -0.2) is 29.2 Å². The van der Waals surface area contributed by atoms with Crippen molar-refractivity contribution in [2.24, 2.45) is 11.3 Å². The van der Waals surface area contributed by atoms with Gasteiger partial charge in [0.1, 0.15) is 0 Å². The number of benzene rings is 1. The van der Waals surface area contributed by atoms with E-state index in [9.17, 15) is 5.11 Å². The maximum absolute atomic E-state index is 10.1. The molecule has 1 aliphatic rings. The Bertz CT molecular complexity index is 409. The molecule has 1 saturated carbocycles. The molecule has 1 aromatic carbocycles. The normalized spacial score (nSPS) is 27.8. The van der Waals surface area contributed by atoms with E-state index in [-0.39, 0.29) is 6.10 Å². The van der Waals surface area contributed by atoms with Crippen LogP contribution in [-0.2, 0) is 6.54 Å². The highest BCUT2D eigenvalue weighted by Gasteiger charge is 2.38. The Kier molecular flexibility index (Phi) is 4.87. The lowest BCUT2D eigenvalue weighted by atomic mass is 9.68. The second kappa shape index (κ2) is 6.28. The third kappa shape index (κ3) is 3.83. The van der Waals surface area contributed by atoms with E-state index in [2.05, 4.69) is 63.1 Å². The molecule has 0 radical (unpaired) electrons. The zero-order chi connectivity index (χ0) is 14.8. The average molecular weight is 275 g/mol. The van der Waals surface area contributed by atoms with Crippen molar-refractivity contribution in [2.75, 3.05) is 7.05 Å². The first-order valence-electron chi connectivity index (χ1n) is 7.80. The Morgan fingerprint density at radius 1 is 1.15 bits per heavy atom. The van der Waals surface area contributed by atoms with Crippen molar-refractivity contribution in [3.63, 3.8) is 0 Å². The van der Waals surface area contributed by atoms with Crippen molar-refractivity contribution in [1.82, 2.24) is 4.90 Å². The van der Waals surface area contributed by atoms with E-state index in [1.165, 1.54) is 5.56 Å². The van der Waals surface area contributed by atoms with Crippen LogP contribution >= 0.6 is 0 Å². The first kappa shape index (κ1) is 15.5. The number of aliphatic hydroxyl groups is 1. The summed E-state index contributed by atoms with van der Waals surface area (Å²) in [5.74, 6) is 0.652. The summed E-state index contributed by atoms with van der Waals surface area (Å²) < 4.78 is 0. The molecule has 0 aliphatic heterocycles. The molecule has 0 amide bonds. The number of hydrogen-bond donors (Lipinski definition) is 1. The molecule has 2 nitrogen and oxygen atoms in total. The Hall–Kier alpha value is -0.860. The van der Waals surface area contributed by atoms with Crippen molar-refractivity contribution in [1.29, 1.82) is 0 Å². The molecule has 1 aliphatic carbocycles. The van der Waals surface area contributed by atoms with Gasteiger partial charge in [0.05, 0.1) is 6.10 Å². The van der Waals surface area contributed by atoms with Gasteiger partial charge in [-0.25, -0.2) is 0 Å². The summed E-state index contributed by atoms with van der Waals surface area (Å²) in [6.07, 6.45) is 2.87. The molecule has 1 fully saturated rings. The number of rotatable bonds is 3. The maximum atomic E-state index is 10.1. The molecule has 112 valence electrons. The molecule has 0 aromatic heterocycles. The Morgan fingerprint density at radius 3 is 2.40 bits per heavy atom. The summed E-state index contributed by atoms with van der Waals surface area (Å²) >= 11 is 0. The highest BCUT2D eigenvalue weighted by molar-refractivity contribution is 5.14. The third-order valence-electron chi connectivity index (χ3n) is 4.74. The lowest BCUT2D eigenvalue weighted by Gasteiger charge is -2.46. The number of nitrogens with zero attached hydrogens (tertiary/aromatic N) is 1. The quantitative estimate of drug-likeness (QED) is 0.909. The van der Waals surface area contributed by atoms with E-state index in [0.29, 0.717) is 17.4 Å². The molecule has 3 atom stereocenters. The van der Waals surface area contributed by atoms with Crippen LogP contribution in [0, 0.1) is 11.3 Å². The van der Waals surface area contributed by atoms with Crippen molar-refractivity contribution in [3.8, 4) is 0 Å². The monoisotopic (exact) mass is 275 g/mol. The van der Waals surface area contributed by atoms with Gasteiger partial charge in [-0.15, -0.1) is 0 Å². The zero-order valence-electron chi connectivity index (χ0n) is 13.3. The second-order valence-electron chi connectivity index (χ2n) is 7.41. The van der Waals surface area contributed by atoms with E-state index in [0.717, 1.165) is 25.8 Å². The molecule has 0 saturated heterocycles. The molecule has 20 heavy (non-hydrogen) atoms. The van der Waals surface area contributed by atoms with Crippen LogP contribution in [0.25, 0.3) is 0 Å². The molecule has 0 heterocycles. The van der Waals surface area contributed by atoms with Crippen LogP contribution in [0.15, 0.2) is 30.3 Å². The Labute approximate surface area is 123 Å². The summed E-state index contributed by atoms with van der Waals surface area (Å²) in [5, 5.41) is 10.1. The van der Waals surface area contributed by atoms with Crippen LogP contribution in [0.3, 0.4) is 0 Å². The fourth-order valence-corrected chi connectivity index (χ4v) is 3.61. The molecule has 3 unspecified atom stereocenters. The van der Waals surface area contributed by atoms with E-state index < -0.39 is 0 Å². The van der Waals surface area contributed by atoms with Crippen molar-refractivity contribution >= 4 is 0 Å². The minimum atomic E-state index is -0.128. The SMILES string of the molecule is CN(Cc1ccccc1)C1CC(O)CCC1C(C)(C)C. The Morgan fingerprint density at radius 2 is 1.80 bits per heavy atom. The van der Waals surface area contributed by atoms with Crippen LogP contribution < -0.4 is 0 Å². The first-order chi connectivity index (χ1) is 9.38. The molecule has 2 rings (SSSR count). The molecule has 0 spiro atoms. The molecule has 0 bridgehead atoms. The van der Waals surface area contributed by atoms with Crippen molar-refractivity contribution in [2.45, 2.75) is 58.7 Å². The smallest absolute Gasteiger partial charge is 0.0555 e. The highest BCUT2D eigenvalue weighted by Crippen LogP contribution is 2.40. The largest absolute Gasteiger partial charge is 0.393 e. The van der Waals surface area contributed by atoms with Gasteiger partial charge < -0.3 is 5.11 Å².